The van der Waals surface area contributed by atoms with E-state index in [0.717, 1.165) is 0 Å². The van der Waals surface area contributed by atoms with Crippen LogP contribution >= 0.6 is 0 Å². The first-order valence-electron chi connectivity index (χ1n) is 3.55. The van der Waals surface area contributed by atoms with E-state index in [1.54, 1.807) is 17.8 Å². The molecular weight excluding hydrogens is 142 g/mol. The molecule has 0 amide bonds. The molecule has 3 heteroatoms. The van der Waals surface area contributed by atoms with Crippen LogP contribution in [0.3, 0.4) is 0 Å². The molecule has 0 spiro atoms. The van der Waals surface area contributed by atoms with Crippen molar-refractivity contribution in [2.75, 3.05) is 0 Å². The summed E-state index contributed by atoms with van der Waals surface area (Å²) in [7, 11) is 1.74. The Morgan fingerprint density at radius 2 is 2.00 bits per heavy atom. The van der Waals surface area contributed by atoms with Crippen molar-refractivity contribution < 1.29 is 5.11 Å². The highest BCUT2D eigenvalue weighted by atomic mass is 16.3. The molecule has 0 aromatic carbocycles. The van der Waals surface area contributed by atoms with Crippen LogP contribution in [-0.4, -0.2) is 9.67 Å². The van der Waals surface area contributed by atoms with Crippen LogP contribution in [0.25, 0.3) is 0 Å². The Labute approximate surface area is 65.9 Å². The summed E-state index contributed by atoms with van der Waals surface area (Å²) >= 11 is 0. The SMILES string of the molecule is CC.Cn1ccc(=O)c(O)c1. The molecule has 1 aromatic heterocycles. The van der Waals surface area contributed by atoms with Gasteiger partial charge in [0.15, 0.2) is 5.75 Å². The van der Waals surface area contributed by atoms with Crippen molar-refractivity contribution in [1.82, 2.24) is 4.57 Å². The smallest absolute Gasteiger partial charge is 0.223 e. The molecule has 0 aliphatic heterocycles. The van der Waals surface area contributed by atoms with Crippen molar-refractivity contribution in [1.29, 1.82) is 0 Å². The van der Waals surface area contributed by atoms with Gasteiger partial charge in [-0.1, -0.05) is 13.8 Å². The monoisotopic (exact) mass is 155 g/mol. The summed E-state index contributed by atoms with van der Waals surface area (Å²) < 4.78 is 1.61. The van der Waals surface area contributed by atoms with E-state index in [1.165, 1.54) is 12.3 Å². The average Bonchev–Trinajstić information content (AvgIpc) is 2.02. The number of aryl methyl sites for hydroxylation is 1. The summed E-state index contributed by atoms with van der Waals surface area (Å²) in [4.78, 5) is 10.5. The molecule has 0 unspecified atom stereocenters. The van der Waals surface area contributed by atoms with Crippen molar-refractivity contribution in [3.05, 3.63) is 28.7 Å². The molecule has 0 bridgehead atoms. The normalized spacial score (nSPS) is 8.27. The minimum Gasteiger partial charge on any atom is -0.503 e. The van der Waals surface area contributed by atoms with Gasteiger partial charge in [-0.05, 0) is 0 Å². The first-order valence-corrected chi connectivity index (χ1v) is 3.55. The van der Waals surface area contributed by atoms with E-state index < -0.39 is 0 Å². The summed E-state index contributed by atoms with van der Waals surface area (Å²) in [5.41, 5.74) is -0.340. The van der Waals surface area contributed by atoms with E-state index in [2.05, 4.69) is 0 Å². The molecule has 0 fully saturated rings. The number of nitrogens with zero attached hydrogens (tertiary/aromatic N) is 1. The zero-order valence-electron chi connectivity index (χ0n) is 7.03. The minimum atomic E-state index is -0.340. The third-order valence-corrected chi connectivity index (χ3v) is 1.04. The molecule has 11 heavy (non-hydrogen) atoms. The van der Waals surface area contributed by atoms with Crippen LogP contribution in [-0.2, 0) is 7.05 Å². The highest BCUT2D eigenvalue weighted by molar-refractivity contribution is 5.14. The third-order valence-electron chi connectivity index (χ3n) is 1.04. The van der Waals surface area contributed by atoms with Crippen molar-refractivity contribution in [2.24, 2.45) is 7.05 Å². The molecule has 0 atom stereocenters. The second kappa shape index (κ2) is 4.55. The number of aromatic hydroxyl groups is 1. The Morgan fingerprint density at radius 1 is 1.45 bits per heavy atom. The second-order valence-corrected chi connectivity index (χ2v) is 1.86. The molecule has 62 valence electrons. The highest BCUT2D eigenvalue weighted by Crippen LogP contribution is 1.94. The predicted octanol–water partition coefficient (Wildman–Crippen LogP) is 1.12. The Bertz CT molecular complexity index is 265. The molecule has 0 radical (unpaired) electrons. The van der Waals surface area contributed by atoms with Gasteiger partial charge in [0, 0.05) is 25.5 Å². The maximum Gasteiger partial charge on any atom is 0.223 e. The van der Waals surface area contributed by atoms with Crippen molar-refractivity contribution in [2.45, 2.75) is 13.8 Å². The van der Waals surface area contributed by atoms with Crippen LogP contribution < -0.4 is 5.43 Å². The summed E-state index contributed by atoms with van der Waals surface area (Å²) in [6.45, 7) is 4.00. The lowest BCUT2D eigenvalue weighted by atomic mass is 10.4. The standard InChI is InChI=1S/C6H7NO2.C2H6/c1-7-3-2-5(8)6(9)4-7;1-2/h2-4,9H,1H3;1-2H3. The zero-order chi connectivity index (χ0) is 8.85. The van der Waals surface area contributed by atoms with Gasteiger partial charge in [-0.15, -0.1) is 0 Å². The van der Waals surface area contributed by atoms with Crippen LogP contribution in [0.15, 0.2) is 23.3 Å². The minimum absolute atomic E-state index is 0.208. The lowest BCUT2D eigenvalue weighted by Gasteiger charge is -1.94. The molecule has 3 nitrogen and oxygen atoms in total. The number of hydrogen-bond donors (Lipinski definition) is 1. The number of aromatic nitrogens is 1. The van der Waals surface area contributed by atoms with E-state index in [-0.39, 0.29) is 11.2 Å². The fourth-order valence-electron chi connectivity index (χ4n) is 0.570. The van der Waals surface area contributed by atoms with E-state index in [0.29, 0.717) is 0 Å². The number of pyridine rings is 1. The van der Waals surface area contributed by atoms with Crippen LogP contribution in [0.1, 0.15) is 13.8 Å². The summed E-state index contributed by atoms with van der Waals surface area (Å²) in [6, 6.07) is 1.31. The fraction of sp³-hybridized carbons (Fsp3) is 0.375. The summed E-state index contributed by atoms with van der Waals surface area (Å²) in [5.74, 6) is -0.208. The number of rotatable bonds is 0. The van der Waals surface area contributed by atoms with Gasteiger partial charge in [0.2, 0.25) is 5.43 Å². The lowest BCUT2D eigenvalue weighted by Crippen LogP contribution is -2.00. The molecule has 0 saturated carbocycles. The quantitative estimate of drug-likeness (QED) is 0.610. The Kier molecular flexibility index (Phi) is 4.03. The van der Waals surface area contributed by atoms with Gasteiger partial charge >= 0.3 is 0 Å². The summed E-state index contributed by atoms with van der Waals surface area (Å²) in [6.07, 6.45) is 2.95. The Morgan fingerprint density at radius 3 is 2.36 bits per heavy atom. The molecule has 1 N–H and O–H groups in total. The van der Waals surface area contributed by atoms with E-state index in [1.807, 2.05) is 13.8 Å². The third kappa shape index (κ3) is 2.89. The zero-order valence-corrected chi connectivity index (χ0v) is 7.03. The van der Waals surface area contributed by atoms with Crippen LogP contribution in [0, 0.1) is 0 Å². The molecule has 1 heterocycles. The van der Waals surface area contributed by atoms with Gasteiger partial charge in [-0.25, -0.2) is 0 Å². The van der Waals surface area contributed by atoms with Crippen molar-refractivity contribution in [3.8, 4) is 5.75 Å². The van der Waals surface area contributed by atoms with E-state index >= 15 is 0 Å². The topological polar surface area (TPSA) is 42.2 Å². The molecule has 0 saturated heterocycles. The van der Waals surface area contributed by atoms with Crippen LogP contribution in [0.2, 0.25) is 0 Å². The average molecular weight is 155 g/mol. The van der Waals surface area contributed by atoms with Gasteiger partial charge in [-0.2, -0.15) is 0 Å². The Balaban J connectivity index is 0.000000461. The molecule has 1 rings (SSSR count). The maximum atomic E-state index is 10.5. The fourth-order valence-corrected chi connectivity index (χ4v) is 0.570. The molecular formula is C8H13NO2. The lowest BCUT2D eigenvalue weighted by molar-refractivity contribution is 0.463. The number of hydrogen-bond acceptors (Lipinski definition) is 2. The first kappa shape index (κ1) is 9.75. The van der Waals surface area contributed by atoms with Crippen molar-refractivity contribution in [3.63, 3.8) is 0 Å². The van der Waals surface area contributed by atoms with Crippen molar-refractivity contribution >= 4 is 0 Å². The van der Waals surface area contributed by atoms with Crippen LogP contribution in [0.4, 0.5) is 0 Å². The van der Waals surface area contributed by atoms with Gasteiger partial charge < -0.3 is 9.67 Å². The van der Waals surface area contributed by atoms with Gasteiger partial charge in [0.25, 0.3) is 0 Å². The van der Waals surface area contributed by atoms with Gasteiger partial charge in [0.1, 0.15) is 0 Å². The summed E-state index contributed by atoms with van der Waals surface area (Å²) in [5, 5.41) is 8.77. The molecule has 0 aliphatic carbocycles. The second-order valence-electron chi connectivity index (χ2n) is 1.86. The molecule has 0 aliphatic rings. The largest absolute Gasteiger partial charge is 0.503 e. The van der Waals surface area contributed by atoms with E-state index in [9.17, 15) is 4.79 Å². The van der Waals surface area contributed by atoms with Gasteiger partial charge in [-0.3, -0.25) is 4.79 Å². The first-order chi connectivity index (χ1) is 5.20. The highest BCUT2D eigenvalue weighted by Gasteiger charge is 1.91. The molecule has 1 aromatic rings. The van der Waals surface area contributed by atoms with E-state index in [4.69, 9.17) is 5.11 Å². The maximum absolute atomic E-state index is 10.5. The Hall–Kier alpha value is -1.25. The van der Waals surface area contributed by atoms with Crippen LogP contribution in [0.5, 0.6) is 5.75 Å². The predicted molar refractivity (Wildman–Crippen MR) is 44.7 cm³/mol. The van der Waals surface area contributed by atoms with Gasteiger partial charge in [0.05, 0.1) is 0 Å².